The maximum absolute atomic E-state index is 11.6. The fourth-order valence-corrected chi connectivity index (χ4v) is 2.52. The highest BCUT2D eigenvalue weighted by Crippen LogP contribution is 2.27. The van der Waals surface area contributed by atoms with Crippen molar-refractivity contribution in [2.24, 2.45) is 5.41 Å². The maximum Gasteiger partial charge on any atom is 0.339 e. The lowest BCUT2D eigenvalue weighted by molar-refractivity contribution is -0.153. The van der Waals surface area contributed by atoms with E-state index in [-0.39, 0.29) is 5.97 Å². The SMILES string of the molecule is CC(C)(C)C(=O)OCCCCCCOc1cc(=O)oc2ccc(Cl)cc12. The third kappa shape index (κ3) is 6.06. The summed E-state index contributed by atoms with van der Waals surface area (Å²) in [6.45, 7) is 6.46. The summed E-state index contributed by atoms with van der Waals surface area (Å²) >= 11 is 6.00. The van der Waals surface area contributed by atoms with Gasteiger partial charge in [0.2, 0.25) is 0 Å². The predicted molar refractivity (Wildman–Crippen MR) is 102 cm³/mol. The van der Waals surface area contributed by atoms with Gasteiger partial charge in [-0.1, -0.05) is 11.6 Å². The average Bonchev–Trinajstić information content (AvgIpc) is 2.56. The molecule has 5 nitrogen and oxygen atoms in total. The quantitative estimate of drug-likeness (QED) is 0.367. The number of fused-ring (bicyclic) bond motifs is 1. The van der Waals surface area contributed by atoms with E-state index in [4.69, 9.17) is 25.5 Å². The van der Waals surface area contributed by atoms with Gasteiger partial charge in [0.05, 0.1) is 30.1 Å². The van der Waals surface area contributed by atoms with Gasteiger partial charge in [0.1, 0.15) is 11.3 Å². The average molecular weight is 381 g/mol. The number of carbonyl (C=O) groups is 1. The Kier molecular flexibility index (Phi) is 7.09. The smallest absolute Gasteiger partial charge is 0.339 e. The van der Waals surface area contributed by atoms with Gasteiger partial charge in [-0.3, -0.25) is 4.79 Å². The first-order valence-corrected chi connectivity index (χ1v) is 9.18. The zero-order valence-electron chi connectivity index (χ0n) is 15.5. The maximum atomic E-state index is 11.6. The number of hydrogen-bond donors (Lipinski definition) is 0. The Morgan fingerprint density at radius 3 is 2.46 bits per heavy atom. The van der Waals surface area contributed by atoms with Crippen molar-refractivity contribution >= 4 is 28.5 Å². The van der Waals surface area contributed by atoms with Crippen LogP contribution in [0.5, 0.6) is 5.75 Å². The zero-order valence-corrected chi connectivity index (χ0v) is 16.2. The minimum Gasteiger partial charge on any atom is -0.493 e. The van der Waals surface area contributed by atoms with E-state index in [1.165, 1.54) is 6.07 Å². The monoisotopic (exact) mass is 380 g/mol. The van der Waals surface area contributed by atoms with Crippen LogP contribution in [0.1, 0.15) is 46.5 Å². The summed E-state index contributed by atoms with van der Waals surface area (Å²) in [7, 11) is 0. The summed E-state index contributed by atoms with van der Waals surface area (Å²) in [6.07, 6.45) is 3.57. The normalized spacial score (nSPS) is 11.5. The third-order valence-corrected chi connectivity index (χ3v) is 4.04. The second-order valence-electron chi connectivity index (χ2n) is 7.22. The lowest BCUT2D eigenvalue weighted by Gasteiger charge is -2.16. The molecule has 0 spiro atoms. The van der Waals surface area contributed by atoms with Crippen LogP contribution in [0, 0.1) is 5.41 Å². The molecule has 1 aromatic heterocycles. The molecule has 0 aliphatic rings. The lowest BCUT2D eigenvalue weighted by atomic mass is 9.97. The number of rotatable bonds is 8. The van der Waals surface area contributed by atoms with E-state index in [9.17, 15) is 9.59 Å². The fraction of sp³-hybridized carbons (Fsp3) is 0.500. The first-order valence-electron chi connectivity index (χ1n) is 8.81. The lowest BCUT2D eigenvalue weighted by Crippen LogP contribution is -2.23. The fourth-order valence-electron chi connectivity index (χ4n) is 2.35. The van der Waals surface area contributed by atoms with E-state index < -0.39 is 11.0 Å². The van der Waals surface area contributed by atoms with Gasteiger partial charge >= 0.3 is 11.6 Å². The van der Waals surface area contributed by atoms with Gasteiger partial charge in [-0.15, -0.1) is 0 Å². The van der Waals surface area contributed by atoms with Crippen LogP contribution in [0.3, 0.4) is 0 Å². The van der Waals surface area contributed by atoms with E-state index in [1.807, 2.05) is 20.8 Å². The molecule has 2 aromatic rings. The molecule has 142 valence electrons. The van der Waals surface area contributed by atoms with E-state index in [2.05, 4.69) is 0 Å². The van der Waals surface area contributed by atoms with Crippen molar-refractivity contribution in [2.45, 2.75) is 46.5 Å². The molecule has 0 radical (unpaired) electrons. The molecule has 6 heteroatoms. The van der Waals surface area contributed by atoms with Crippen LogP contribution in [0.25, 0.3) is 11.0 Å². The van der Waals surface area contributed by atoms with Crippen LogP contribution in [0.2, 0.25) is 5.02 Å². The standard InChI is InChI=1S/C20H25ClO5/c1-20(2,3)19(23)25-11-7-5-4-6-10-24-17-13-18(22)26-16-9-8-14(21)12-15(16)17/h8-9,12-13H,4-7,10-11H2,1-3H3. The van der Waals surface area contributed by atoms with Crippen molar-refractivity contribution in [1.29, 1.82) is 0 Å². The predicted octanol–water partition coefficient (Wildman–Crippen LogP) is 4.97. The first kappa shape index (κ1) is 20.3. The Hall–Kier alpha value is -2.01. The molecular weight excluding hydrogens is 356 g/mol. The highest BCUT2D eigenvalue weighted by molar-refractivity contribution is 6.31. The van der Waals surface area contributed by atoms with Gasteiger partial charge in [0.25, 0.3) is 0 Å². The molecular formula is C20H25ClO5. The van der Waals surface area contributed by atoms with Crippen molar-refractivity contribution in [3.8, 4) is 5.75 Å². The Labute approximate surface area is 158 Å². The van der Waals surface area contributed by atoms with Crippen LogP contribution in [-0.2, 0) is 9.53 Å². The van der Waals surface area contributed by atoms with E-state index in [1.54, 1.807) is 18.2 Å². The van der Waals surface area contributed by atoms with Crippen LogP contribution in [0.15, 0.2) is 33.5 Å². The van der Waals surface area contributed by atoms with Gasteiger partial charge in [-0.05, 0) is 64.7 Å². The summed E-state index contributed by atoms with van der Waals surface area (Å²) < 4.78 is 16.1. The summed E-state index contributed by atoms with van der Waals surface area (Å²) in [6, 6.07) is 6.39. The molecule has 0 N–H and O–H groups in total. The van der Waals surface area contributed by atoms with Crippen molar-refractivity contribution in [2.75, 3.05) is 13.2 Å². The van der Waals surface area contributed by atoms with Crippen LogP contribution in [-0.4, -0.2) is 19.2 Å². The number of halogens is 1. The number of hydrogen-bond acceptors (Lipinski definition) is 5. The molecule has 0 amide bonds. The van der Waals surface area contributed by atoms with E-state index >= 15 is 0 Å². The van der Waals surface area contributed by atoms with E-state index in [0.717, 1.165) is 25.7 Å². The molecule has 0 bridgehead atoms. The summed E-state index contributed by atoms with van der Waals surface area (Å²) in [5.41, 5.74) is -0.449. The zero-order chi connectivity index (χ0) is 19.2. The van der Waals surface area contributed by atoms with Crippen molar-refractivity contribution < 1.29 is 18.7 Å². The molecule has 0 aliphatic heterocycles. The van der Waals surface area contributed by atoms with Gasteiger partial charge in [-0.2, -0.15) is 0 Å². The minimum absolute atomic E-state index is 0.172. The molecule has 0 atom stereocenters. The van der Waals surface area contributed by atoms with Crippen LogP contribution < -0.4 is 10.4 Å². The minimum atomic E-state index is -0.456. The highest BCUT2D eigenvalue weighted by Gasteiger charge is 2.22. The second-order valence-corrected chi connectivity index (χ2v) is 7.66. The van der Waals surface area contributed by atoms with Crippen molar-refractivity contribution in [3.63, 3.8) is 0 Å². The van der Waals surface area contributed by atoms with Crippen LogP contribution in [0.4, 0.5) is 0 Å². The highest BCUT2D eigenvalue weighted by atomic mass is 35.5. The summed E-state index contributed by atoms with van der Waals surface area (Å²) in [4.78, 5) is 23.2. The Bertz CT molecular complexity index is 804. The van der Waals surface area contributed by atoms with Gasteiger partial charge in [-0.25, -0.2) is 4.79 Å². The van der Waals surface area contributed by atoms with Crippen molar-refractivity contribution in [1.82, 2.24) is 0 Å². The Morgan fingerprint density at radius 2 is 1.77 bits per heavy atom. The number of carbonyl (C=O) groups excluding carboxylic acids is 1. The van der Waals surface area contributed by atoms with Crippen LogP contribution >= 0.6 is 11.6 Å². The molecule has 2 rings (SSSR count). The topological polar surface area (TPSA) is 65.7 Å². The van der Waals surface area contributed by atoms with Gasteiger partial charge in [0, 0.05) is 5.02 Å². The molecule has 0 aliphatic carbocycles. The molecule has 0 unspecified atom stereocenters. The molecule has 0 saturated carbocycles. The largest absolute Gasteiger partial charge is 0.493 e. The number of benzene rings is 1. The van der Waals surface area contributed by atoms with E-state index in [0.29, 0.717) is 35.0 Å². The van der Waals surface area contributed by atoms with Gasteiger partial charge in [0.15, 0.2) is 0 Å². The number of esters is 1. The van der Waals surface area contributed by atoms with Gasteiger partial charge < -0.3 is 13.9 Å². The second kappa shape index (κ2) is 9.08. The Morgan fingerprint density at radius 1 is 1.08 bits per heavy atom. The summed E-state index contributed by atoms with van der Waals surface area (Å²) in [5.74, 6) is 0.312. The molecule has 1 aromatic carbocycles. The summed E-state index contributed by atoms with van der Waals surface area (Å²) in [5, 5.41) is 1.24. The first-order chi connectivity index (χ1) is 12.3. The number of unbranched alkanes of at least 4 members (excludes halogenated alkanes) is 3. The molecule has 0 fully saturated rings. The molecule has 26 heavy (non-hydrogen) atoms. The number of ether oxygens (including phenoxy) is 2. The van der Waals surface area contributed by atoms with Crippen molar-refractivity contribution in [3.05, 3.63) is 39.7 Å². The third-order valence-electron chi connectivity index (χ3n) is 3.81. The Balaban J connectivity index is 1.72. The molecule has 1 heterocycles. The molecule has 0 saturated heterocycles.